The molecule has 0 amide bonds. The molecule has 1 fully saturated rings. The highest BCUT2D eigenvalue weighted by molar-refractivity contribution is 5.97. The maximum Gasteiger partial charge on any atom is 0.176 e. The summed E-state index contributed by atoms with van der Waals surface area (Å²) in [5.41, 5.74) is 0.769. The number of methoxy groups -OCH3 is 1. The standard InChI is InChI=1S/C16H23NO2/c1-12-5-4-6-13(2)17(12)11-16(18)14-7-9-15(19-3)10-8-14/h7-10,12-13H,4-6,11H2,1-3H3. The van der Waals surface area contributed by atoms with Crippen LogP contribution in [0.25, 0.3) is 0 Å². The van der Waals surface area contributed by atoms with E-state index in [9.17, 15) is 4.79 Å². The quantitative estimate of drug-likeness (QED) is 0.780. The minimum atomic E-state index is 0.197. The lowest BCUT2D eigenvalue weighted by Gasteiger charge is -2.38. The highest BCUT2D eigenvalue weighted by Gasteiger charge is 2.26. The van der Waals surface area contributed by atoms with Crippen molar-refractivity contribution >= 4 is 5.78 Å². The number of carbonyl (C=O) groups is 1. The van der Waals surface area contributed by atoms with Crippen LogP contribution in [-0.2, 0) is 0 Å². The molecule has 1 heterocycles. The van der Waals surface area contributed by atoms with Crippen molar-refractivity contribution in [1.82, 2.24) is 4.90 Å². The fourth-order valence-corrected chi connectivity index (χ4v) is 2.82. The average molecular weight is 261 g/mol. The summed E-state index contributed by atoms with van der Waals surface area (Å²) in [4.78, 5) is 14.7. The van der Waals surface area contributed by atoms with E-state index in [4.69, 9.17) is 4.74 Å². The van der Waals surface area contributed by atoms with Crippen LogP contribution in [0.4, 0.5) is 0 Å². The van der Waals surface area contributed by atoms with Gasteiger partial charge in [-0.05, 0) is 51.0 Å². The third kappa shape index (κ3) is 3.35. The highest BCUT2D eigenvalue weighted by Crippen LogP contribution is 2.23. The molecule has 19 heavy (non-hydrogen) atoms. The minimum Gasteiger partial charge on any atom is -0.497 e. The number of carbonyl (C=O) groups excluding carboxylic acids is 1. The van der Waals surface area contributed by atoms with Gasteiger partial charge >= 0.3 is 0 Å². The van der Waals surface area contributed by atoms with Gasteiger partial charge in [-0.25, -0.2) is 0 Å². The molecule has 2 atom stereocenters. The van der Waals surface area contributed by atoms with Gasteiger partial charge in [0.2, 0.25) is 0 Å². The molecular weight excluding hydrogens is 238 g/mol. The number of rotatable bonds is 4. The lowest BCUT2D eigenvalue weighted by Crippen LogP contribution is -2.46. The van der Waals surface area contributed by atoms with Gasteiger partial charge in [0, 0.05) is 17.6 Å². The zero-order valence-corrected chi connectivity index (χ0v) is 12.1. The molecule has 0 aromatic heterocycles. The predicted octanol–water partition coefficient (Wildman–Crippen LogP) is 3.14. The molecule has 0 spiro atoms. The molecule has 0 aliphatic carbocycles. The molecule has 0 N–H and O–H groups in total. The van der Waals surface area contributed by atoms with E-state index in [1.807, 2.05) is 24.3 Å². The Bertz CT molecular complexity index is 417. The average Bonchev–Trinajstić information content (AvgIpc) is 2.43. The Morgan fingerprint density at radius 1 is 1.21 bits per heavy atom. The van der Waals surface area contributed by atoms with Crippen LogP contribution >= 0.6 is 0 Å². The van der Waals surface area contributed by atoms with E-state index in [2.05, 4.69) is 18.7 Å². The summed E-state index contributed by atoms with van der Waals surface area (Å²) >= 11 is 0. The van der Waals surface area contributed by atoms with Gasteiger partial charge in [-0.3, -0.25) is 9.69 Å². The zero-order valence-electron chi connectivity index (χ0n) is 12.1. The lowest BCUT2D eigenvalue weighted by atomic mass is 9.96. The summed E-state index contributed by atoms with van der Waals surface area (Å²) in [5.74, 6) is 0.986. The summed E-state index contributed by atoms with van der Waals surface area (Å²) in [7, 11) is 1.63. The third-order valence-corrected chi connectivity index (χ3v) is 4.11. The number of ketones is 1. The van der Waals surface area contributed by atoms with E-state index in [-0.39, 0.29) is 5.78 Å². The number of Topliss-reactive ketones (excluding diaryl/α,β-unsaturated/α-hetero) is 1. The third-order valence-electron chi connectivity index (χ3n) is 4.11. The van der Waals surface area contributed by atoms with E-state index >= 15 is 0 Å². The monoisotopic (exact) mass is 261 g/mol. The van der Waals surface area contributed by atoms with Gasteiger partial charge in [-0.1, -0.05) is 6.42 Å². The second kappa shape index (κ2) is 6.20. The number of hydrogen-bond acceptors (Lipinski definition) is 3. The molecule has 1 saturated heterocycles. The van der Waals surface area contributed by atoms with Crippen LogP contribution < -0.4 is 4.74 Å². The van der Waals surface area contributed by atoms with Crippen molar-refractivity contribution in [3.8, 4) is 5.75 Å². The number of piperidine rings is 1. The minimum absolute atomic E-state index is 0.197. The molecule has 2 rings (SSSR count). The van der Waals surface area contributed by atoms with Gasteiger partial charge in [0.05, 0.1) is 13.7 Å². The molecule has 104 valence electrons. The van der Waals surface area contributed by atoms with Crippen molar-refractivity contribution in [2.75, 3.05) is 13.7 Å². The number of likely N-dealkylation sites (tertiary alicyclic amines) is 1. The number of hydrogen-bond donors (Lipinski definition) is 0. The molecule has 1 aliphatic rings. The molecule has 0 saturated carbocycles. The molecule has 1 aliphatic heterocycles. The lowest BCUT2D eigenvalue weighted by molar-refractivity contribution is 0.0734. The van der Waals surface area contributed by atoms with Crippen molar-refractivity contribution in [3.05, 3.63) is 29.8 Å². The van der Waals surface area contributed by atoms with Gasteiger partial charge < -0.3 is 4.74 Å². The van der Waals surface area contributed by atoms with Crippen molar-refractivity contribution in [2.45, 2.75) is 45.2 Å². The van der Waals surface area contributed by atoms with Gasteiger partial charge in [0.1, 0.15) is 5.75 Å². The maximum atomic E-state index is 12.3. The van der Waals surface area contributed by atoms with Gasteiger partial charge in [0.25, 0.3) is 0 Å². The fourth-order valence-electron chi connectivity index (χ4n) is 2.82. The van der Waals surface area contributed by atoms with Crippen LogP contribution in [0.5, 0.6) is 5.75 Å². The van der Waals surface area contributed by atoms with E-state index in [1.165, 1.54) is 19.3 Å². The smallest absolute Gasteiger partial charge is 0.176 e. The van der Waals surface area contributed by atoms with Crippen molar-refractivity contribution in [2.24, 2.45) is 0 Å². The Hall–Kier alpha value is -1.35. The largest absolute Gasteiger partial charge is 0.497 e. The van der Waals surface area contributed by atoms with Crippen LogP contribution in [0.1, 0.15) is 43.5 Å². The van der Waals surface area contributed by atoms with Crippen LogP contribution in [0.3, 0.4) is 0 Å². The number of ether oxygens (including phenoxy) is 1. The van der Waals surface area contributed by atoms with Crippen molar-refractivity contribution in [1.29, 1.82) is 0 Å². The van der Waals surface area contributed by atoms with Gasteiger partial charge in [0.15, 0.2) is 5.78 Å². The molecule has 0 radical (unpaired) electrons. The summed E-state index contributed by atoms with van der Waals surface area (Å²) in [6.07, 6.45) is 3.66. The first-order valence-electron chi connectivity index (χ1n) is 7.05. The molecular formula is C16H23NO2. The van der Waals surface area contributed by atoms with Gasteiger partial charge in [-0.15, -0.1) is 0 Å². The predicted molar refractivity (Wildman–Crippen MR) is 76.8 cm³/mol. The van der Waals surface area contributed by atoms with E-state index < -0.39 is 0 Å². The van der Waals surface area contributed by atoms with Crippen molar-refractivity contribution in [3.63, 3.8) is 0 Å². The summed E-state index contributed by atoms with van der Waals surface area (Å²) in [6.45, 7) is 4.96. The molecule has 1 aromatic rings. The molecule has 3 nitrogen and oxygen atoms in total. The first kappa shape index (κ1) is 14.1. The molecule has 2 unspecified atom stereocenters. The number of benzene rings is 1. The Morgan fingerprint density at radius 2 is 1.79 bits per heavy atom. The first-order valence-corrected chi connectivity index (χ1v) is 7.05. The zero-order chi connectivity index (χ0) is 13.8. The normalized spacial score (nSPS) is 24.2. The maximum absolute atomic E-state index is 12.3. The molecule has 1 aromatic carbocycles. The topological polar surface area (TPSA) is 29.5 Å². The van der Waals surface area contributed by atoms with E-state index in [0.29, 0.717) is 18.6 Å². The highest BCUT2D eigenvalue weighted by atomic mass is 16.5. The first-order chi connectivity index (χ1) is 9.11. The van der Waals surface area contributed by atoms with Gasteiger partial charge in [-0.2, -0.15) is 0 Å². The van der Waals surface area contributed by atoms with E-state index in [1.54, 1.807) is 7.11 Å². The fraction of sp³-hybridized carbons (Fsp3) is 0.562. The SMILES string of the molecule is COc1ccc(C(=O)CN2C(C)CCCC2C)cc1. The summed E-state index contributed by atoms with van der Waals surface area (Å²) < 4.78 is 5.11. The van der Waals surface area contributed by atoms with Crippen LogP contribution in [-0.4, -0.2) is 36.4 Å². The van der Waals surface area contributed by atoms with E-state index in [0.717, 1.165) is 11.3 Å². The Balaban J connectivity index is 2.02. The summed E-state index contributed by atoms with van der Waals surface area (Å²) in [6, 6.07) is 8.39. The molecule has 3 heteroatoms. The second-order valence-corrected chi connectivity index (χ2v) is 5.45. The van der Waals surface area contributed by atoms with Crippen LogP contribution in [0, 0.1) is 0 Å². The Morgan fingerprint density at radius 3 is 2.32 bits per heavy atom. The number of nitrogens with zero attached hydrogens (tertiary/aromatic N) is 1. The molecule has 0 bridgehead atoms. The Labute approximate surface area is 115 Å². The van der Waals surface area contributed by atoms with Crippen molar-refractivity contribution < 1.29 is 9.53 Å². The van der Waals surface area contributed by atoms with Crippen LogP contribution in [0.2, 0.25) is 0 Å². The Kier molecular flexibility index (Phi) is 4.59. The summed E-state index contributed by atoms with van der Waals surface area (Å²) in [5, 5.41) is 0. The second-order valence-electron chi connectivity index (χ2n) is 5.45. The van der Waals surface area contributed by atoms with Crippen LogP contribution in [0.15, 0.2) is 24.3 Å².